The van der Waals surface area contributed by atoms with Gasteiger partial charge in [-0.3, -0.25) is 24.3 Å². The first-order valence-corrected chi connectivity index (χ1v) is 9.17. The molecule has 0 fully saturated rings. The van der Waals surface area contributed by atoms with E-state index < -0.39 is 17.8 Å². The molecule has 3 amide bonds. The summed E-state index contributed by atoms with van der Waals surface area (Å²) in [5.41, 5.74) is 2.79. The third kappa shape index (κ3) is 4.35. The molecule has 9 heteroatoms. The van der Waals surface area contributed by atoms with Crippen LogP contribution in [-0.2, 0) is 25.7 Å². The molecule has 0 radical (unpaired) electrons. The van der Waals surface area contributed by atoms with E-state index in [0.29, 0.717) is 16.8 Å². The zero-order valence-electron chi connectivity index (χ0n) is 17.0. The van der Waals surface area contributed by atoms with Gasteiger partial charge in [0.15, 0.2) is 0 Å². The van der Waals surface area contributed by atoms with Crippen molar-refractivity contribution in [3.63, 3.8) is 0 Å². The minimum Gasteiger partial charge on any atom is -0.464 e. The number of ether oxygens (including phenoxy) is 1. The van der Waals surface area contributed by atoms with Crippen molar-refractivity contribution in [3.8, 4) is 11.1 Å². The lowest BCUT2D eigenvalue weighted by molar-refractivity contribution is -0.137. The summed E-state index contributed by atoms with van der Waals surface area (Å²) in [6.45, 7) is 8.64. The number of rotatable bonds is 6. The number of aromatic nitrogens is 1. The number of carbonyl (C=O) groups excluding carboxylic acids is 4. The highest BCUT2D eigenvalue weighted by atomic mass is 16.5. The molecule has 2 aromatic rings. The molecule has 0 aliphatic carbocycles. The van der Waals surface area contributed by atoms with Crippen molar-refractivity contribution in [2.45, 2.75) is 13.5 Å². The normalized spacial score (nSPS) is 12.1. The van der Waals surface area contributed by atoms with Crippen molar-refractivity contribution in [3.05, 3.63) is 72.3 Å². The number of carbonyl (C=O) groups is 4. The first-order chi connectivity index (χ1) is 14.7. The van der Waals surface area contributed by atoms with Gasteiger partial charge in [-0.05, 0) is 23.3 Å². The number of hydrogen-bond acceptors (Lipinski definition) is 6. The van der Waals surface area contributed by atoms with Gasteiger partial charge in [-0.25, -0.2) is 4.79 Å². The van der Waals surface area contributed by atoms with E-state index in [1.54, 1.807) is 30.5 Å². The van der Waals surface area contributed by atoms with Gasteiger partial charge in [-0.15, -0.1) is 0 Å². The van der Waals surface area contributed by atoms with E-state index in [-0.39, 0.29) is 23.8 Å². The van der Waals surface area contributed by atoms with E-state index in [0.717, 1.165) is 18.2 Å². The van der Waals surface area contributed by atoms with E-state index in [1.165, 1.54) is 18.0 Å². The second-order valence-electron chi connectivity index (χ2n) is 6.73. The van der Waals surface area contributed by atoms with Gasteiger partial charge in [0.05, 0.1) is 19.2 Å². The SMILES string of the molecule is C=C(NC(=O)C(=C)N1Cc2c(cncc2-c2ccc(NC(C)=O)cc2)C1=O)C(=O)OC. The van der Waals surface area contributed by atoms with Gasteiger partial charge >= 0.3 is 5.97 Å². The number of hydrogen-bond donors (Lipinski definition) is 2. The van der Waals surface area contributed by atoms with Crippen molar-refractivity contribution in [1.82, 2.24) is 15.2 Å². The van der Waals surface area contributed by atoms with Crippen molar-refractivity contribution in [2.24, 2.45) is 0 Å². The number of nitrogens with one attached hydrogen (secondary N) is 2. The Morgan fingerprint density at radius 1 is 1.10 bits per heavy atom. The second-order valence-corrected chi connectivity index (χ2v) is 6.73. The molecule has 1 aliphatic rings. The molecule has 3 rings (SSSR count). The van der Waals surface area contributed by atoms with Crippen LogP contribution in [0.3, 0.4) is 0 Å². The topological polar surface area (TPSA) is 118 Å². The number of amides is 3. The molecular formula is C22H20N4O5. The van der Waals surface area contributed by atoms with Gasteiger partial charge in [-0.2, -0.15) is 0 Å². The van der Waals surface area contributed by atoms with Crippen molar-refractivity contribution < 1.29 is 23.9 Å². The number of methoxy groups -OCH3 is 1. The Bertz CT molecular complexity index is 1120. The Morgan fingerprint density at radius 2 is 1.74 bits per heavy atom. The Balaban J connectivity index is 1.83. The minimum atomic E-state index is -0.800. The van der Waals surface area contributed by atoms with E-state index in [2.05, 4.69) is 33.5 Å². The molecule has 158 valence electrons. The molecule has 0 unspecified atom stereocenters. The molecule has 0 bridgehead atoms. The minimum absolute atomic E-state index is 0.108. The third-order valence-corrected chi connectivity index (χ3v) is 4.65. The van der Waals surface area contributed by atoms with Crippen LogP contribution >= 0.6 is 0 Å². The van der Waals surface area contributed by atoms with Crippen LogP contribution in [0.15, 0.2) is 61.2 Å². The smallest absolute Gasteiger partial charge is 0.353 e. The molecule has 31 heavy (non-hydrogen) atoms. The molecule has 0 saturated heterocycles. The molecule has 1 aromatic heterocycles. The van der Waals surface area contributed by atoms with Crippen LogP contribution in [-0.4, -0.2) is 40.7 Å². The molecule has 2 heterocycles. The summed E-state index contributed by atoms with van der Waals surface area (Å²) in [5.74, 6) is -2.15. The Morgan fingerprint density at radius 3 is 2.35 bits per heavy atom. The number of fused-ring (bicyclic) bond motifs is 1. The number of benzene rings is 1. The maximum absolute atomic E-state index is 12.9. The maximum atomic E-state index is 12.9. The van der Waals surface area contributed by atoms with Gasteiger partial charge in [0.25, 0.3) is 11.8 Å². The van der Waals surface area contributed by atoms with E-state index in [9.17, 15) is 19.2 Å². The van der Waals surface area contributed by atoms with Crippen LogP contribution in [0, 0.1) is 0 Å². The number of pyridine rings is 1. The number of anilines is 1. The molecule has 9 nitrogen and oxygen atoms in total. The summed E-state index contributed by atoms with van der Waals surface area (Å²) < 4.78 is 4.49. The molecule has 0 saturated carbocycles. The molecule has 2 N–H and O–H groups in total. The maximum Gasteiger partial charge on any atom is 0.353 e. The van der Waals surface area contributed by atoms with Crippen LogP contribution < -0.4 is 10.6 Å². The summed E-state index contributed by atoms with van der Waals surface area (Å²) in [6.07, 6.45) is 3.07. The lowest BCUT2D eigenvalue weighted by Gasteiger charge is -2.18. The average molecular weight is 420 g/mol. The van der Waals surface area contributed by atoms with Crippen LogP contribution in [0.25, 0.3) is 11.1 Å². The van der Waals surface area contributed by atoms with Crippen LogP contribution in [0.5, 0.6) is 0 Å². The fraction of sp³-hybridized carbons (Fsp3) is 0.136. The summed E-state index contributed by atoms with van der Waals surface area (Å²) in [7, 11) is 1.16. The van der Waals surface area contributed by atoms with Crippen LogP contribution in [0.2, 0.25) is 0 Å². The first-order valence-electron chi connectivity index (χ1n) is 9.17. The fourth-order valence-electron chi connectivity index (χ4n) is 3.13. The van der Waals surface area contributed by atoms with Crippen LogP contribution in [0.1, 0.15) is 22.8 Å². The summed E-state index contributed by atoms with van der Waals surface area (Å²) in [4.78, 5) is 53.3. The highest BCUT2D eigenvalue weighted by Crippen LogP contribution is 2.33. The largest absolute Gasteiger partial charge is 0.464 e. The van der Waals surface area contributed by atoms with E-state index >= 15 is 0 Å². The highest BCUT2D eigenvalue weighted by molar-refractivity contribution is 6.07. The number of esters is 1. The van der Waals surface area contributed by atoms with E-state index in [1.807, 2.05) is 0 Å². The van der Waals surface area contributed by atoms with Crippen molar-refractivity contribution in [1.29, 1.82) is 0 Å². The standard InChI is InChI=1S/C22H20N4O5/c1-12(22(30)31-4)24-20(28)13(2)26-11-19-17(9-23-10-18(19)21(26)29)15-5-7-16(8-6-15)25-14(3)27/h5-10H,1-2,11H2,3-4H3,(H,24,28)(H,25,27). The Kier molecular flexibility index (Phi) is 5.96. The predicted molar refractivity (Wildman–Crippen MR) is 112 cm³/mol. The summed E-state index contributed by atoms with van der Waals surface area (Å²) in [5, 5.41) is 4.96. The van der Waals surface area contributed by atoms with Crippen LogP contribution in [0.4, 0.5) is 5.69 Å². The van der Waals surface area contributed by atoms with Crippen molar-refractivity contribution >= 4 is 29.4 Å². The molecule has 1 aliphatic heterocycles. The molecule has 1 aromatic carbocycles. The van der Waals surface area contributed by atoms with E-state index in [4.69, 9.17) is 0 Å². The van der Waals surface area contributed by atoms with Crippen molar-refractivity contribution in [2.75, 3.05) is 12.4 Å². The average Bonchev–Trinajstić information content (AvgIpc) is 3.09. The van der Waals surface area contributed by atoms with Gasteiger partial charge in [0.2, 0.25) is 5.91 Å². The fourth-order valence-corrected chi connectivity index (χ4v) is 3.13. The lowest BCUT2D eigenvalue weighted by atomic mass is 9.99. The molecular weight excluding hydrogens is 400 g/mol. The Labute approximate surface area is 178 Å². The lowest BCUT2D eigenvalue weighted by Crippen LogP contribution is -2.36. The Hall–Kier alpha value is -4.27. The highest BCUT2D eigenvalue weighted by Gasteiger charge is 2.34. The van der Waals surface area contributed by atoms with Gasteiger partial charge in [0.1, 0.15) is 11.4 Å². The third-order valence-electron chi connectivity index (χ3n) is 4.65. The quantitative estimate of drug-likeness (QED) is 0.545. The predicted octanol–water partition coefficient (Wildman–Crippen LogP) is 1.98. The summed E-state index contributed by atoms with van der Waals surface area (Å²) in [6, 6.07) is 7.10. The first kappa shape index (κ1) is 21.4. The van der Waals surface area contributed by atoms with Gasteiger partial charge in [-0.1, -0.05) is 25.3 Å². The van der Waals surface area contributed by atoms with Gasteiger partial charge < -0.3 is 15.4 Å². The monoisotopic (exact) mass is 420 g/mol. The molecule has 0 spiro atoms. The molecule has 0 atom stereocenters. The zero-order chi connectivity index (χ0) is 22.7. The summed E-state index contributed by atoms with van der Waals surface area (Å²) >= 11 is 0. The number of nitrogens with zero attached hydrogens (tertiary/aromatic N) is 2. The second kappa shape index (κ2) is 8.62. The van der Waals surface area contributed by atoms with Gasteiger partial charge in [0, 0.05) is 30.6 Å². The zero-order valence-corrected chi connectivity index (χ0v) is 17.0.